The topological polar surface area (TPSA) is 194 Å². The first-order valence-electron chi connectivity index (χ1n) is 20.0. The van der Waals surface area contributed by atoms with Gasteiger partial charge >= 0.3 is 0 Å². The number of Topliss-reactive ketones (excluding diaryl/α,β-unsaturated/α-hetero) is 1. The van der Waals surface area contributed by atoms with Crippen molar-refractivity contribution in [1.82, 2.24) is 0 Å². The van der Waals surface area contributed by atoms with Crippen LogP contribution >= 0.6 is 0 Å². The summed E-state index contributed by atoms with van der Waals surface area (Å²) in [5, 5.41) is 62.5. The predicted molar refractivity (Wildman–Crippen MR) is 182 cm³/mol. The Kier molecular flexibility index (Phi) is 9.82. The Balaban J connectivity index is 0.998. The first-order valence-corrected chi connectivity index (χ1v) is 20.0. The molecule has 4 saturated heterocycles. The maximum Gasteiger partial charge on any atom is 0.196 e. The summed E-state index contributed by atoms with van der Waals surface area (Å²) in [4.78, 5) is 14.3. The van der Waals surface area contributed by atoms with Gasteiger partial charge in [0.15, 0.2) is 18.4 Å². The number of fused-ring (bicyclic) bond motifs is 8. The molecular weight excluding hydrogens is 676 g/mol. The van der Waals surface area contributed by atoms with E-state index in [2.05, 4.69) is 34.6 Å². The highest BCUT2D eigenvalue weighted by atomic mass is 16.8. The quantitative estimate of drug-likeness (QED) is 0.228. The van der Waals surface area contributed by atoms with Gasteiger partial charge in [0.1, 0.15) is 54.6 Å². The van der Waals surface area contributed by atoms with E-state index in [9.17, 15) is 35.4 Å². The molecule has 22 unspecified atom stereocenters. The van der Waals surface area contributed by atoms with Crippen LogP contribution in [0.2, 0.25) is 0 Å². The molecule has 6 N–H and O–H groups in total. The van der Waals surface area contributed by atoms with Crippen LogP contribution in [0.4, 0.5) is 0 Å². The highest BCUT2D eigenvalue weighted by molar-refractivity contribution is 5.83. The number of carbonyl (C=O) groups is 1. The fourth-order valence-corrected chi connectivity index (χ4v) is 13.2. The number of hydrogen-bond acceptors (Lipinski definition) is 13. The number of aliphatic hydroxyl groups is 6. The molecule has 52 heavy (non-hydrogen) atoms. The van der Waals surface area contributed by atoms with Crippen LogP contribution in [0.25, 0.3) is 0 Å². The van der Waals surface area contributed by atoms with Crippen LogP contribution in [0.1, 0.15) is 92.9 Å². The zero-order valence-electron chi connectivity index (χ0n) is 31.5. The molecule has 8 rings (SSSR count). The lowest BCUT2D eigenvalue weighted by Gasteiger charge is -2.61. The number of rotatable bonds is 4. The number of ketones is 1. The van der Waals surface area contributed by atoms with Crippen molar-refractivity contribution in [2.75, 3.05) is 6.61 Å². The second kappa shape index (κ2) is 13.4. The average molecular weight is 739 g/mol. The van der Waals surface area contributed by atoms with Crippen molar-refractivity contribution in [3.8, 4) is 0 Å². The molecule has 296 valence electrons. The SMILES string of the molecule is CC(C)C1OC2OC(C)C(O)C(O)C2OC12CC(C)C1C(CC3C4CC(=O)C5CC(OC6OC(CO)C(O)C(O)C6O)CCC5(C)C4CCC31C)O2. The molecule has 13 heteroatoms. The molecule has 22 atom stereocenters. The molecule has 0 aromatic heterocycles. The Labute approximate surface area is 306 Å². The lowest BCUT2D eigenvalue weighted by atomic mass is 9.44. The number of aliphatic hydroxyl groups excluding tert-OH is 6. The van der Waals surface area contributed by atoms with Crippen molar-refractivity contribution in [1.29, 1.82) is 0 Å². The summed E-state index contributed by atoms with van der Waals surface area (Å²) in [6, 6.07) is 0. The van der Waals surface area contributed by atoms with Gasteiger partial charge in [-0.25, -0.2) is 0 Å². The number of ether oxygens (including phenoxy) is 6. The fourth-order valence-electron chi connectivity index (χ4n) is 13.2. The smallest absolute Gasteiger partial charge is 0.196 e. The van der Waals surface area contributed by atoms with E-state index in [1.54, 1.807) is 6.92 Å². The Bertz CT molecular complexity index is 1350. The van der Waals surface area contributed by atoms with Crippen molar-refractivity contribution < 1.29 is 63.9 Å². The number of carbonyl (C=O) groups excluding carboxylic acids is 1. The zero-order valence-corrected chi connectivity index (χ0v) is 31.5. The van der Waals surface area contributed by atoms with Crippen molar-refractivity contribution in [2.45, 2.75) is 178 Å². The fraction of sp³-hybridized carbons (Fsp3) is 0.974. The first-order chi connectivity index (χ1) is 24.5. The van der Waals surface area contributed by atoms with E-state index in [1.807, 2.05) is 0 Å². The normalized spacial score (nSPS) is 58.9. The van der Waals surface area contributed by atoms with E-state index in [0.717, 1.165) is 25.7 Å². The Morgan fingerprint density at radius 3 is 2.29 bits per heavy atom. The number of hydrogen-bond donors (Lipinski definition) is 6. The van der Waals surface area contributed by atoms with Crippen LogP contribution < -0.4 is 0 Å². The monoisotopic (exact) mass is 738 g/mol. The lowest BCUT2D eigenvalue weighted by Crippen LogP contribution is -2.71. The van der Waals surface area contributed by atoms with E-state index in [1.165, 1.54) is 0 Å². The predicted octanol–water partition coefficient (Wildman–Crippen LogP) is 1.65. The van der Waals surface area contributed by atoms with Gasteiger partial charge in [-0.05, 0) is 91.8 Å². The molecule has 13 nitrogen and oxygen atoms in total. The van der Waals surface area contributed by atoms with Crippen molar-refractivity contribution in [3.63, 3.8) is 0 Å². The summed E-state index contributed by atoms with van der Waals surface area (Å²) < 4.78 is 38.4. The van der Waals surface area contributed by atoms with Crippen LogP contribution in [0.5, 0.6) is 0 Å². The second-order valence-corrected chi connectivity index (χ2v) is 18.9. The molecule has 0 aromatic carbocycles. The molecule has 0 aromatic rings. The summed E-state index contributed by atoms with van der Waals surface area (Å²) in [6.45, 7) is 12.4. The molecule has 8 aliphatic rings. The molecule has 4 aliphatic carbocycles. The second-order valence-electron chi connectivity index (χ2n) is 18.9. The molecular formula is C39H62O13. The molecule has 4 saturated carbocycles. The Morgan fingerprint density at radius 1 is 0.846 bits per heavy atom. The zero-order chi connectivity index (χ0) is 37.2. The van der Waals surface area contributed by atoms with Gasteiger partial charge in [-0.15, -0.1) is 0 Å². The summed E-state index contributed by atoms with van der Waals surface area (Å²) in [7, 11) is 0. The third-order valence-corrected chi connectivity index (χ3v) is 15.7. The minimum Gasteiger partial charge on any atom is -0.394 e. The van der Waals surface area contributed by atoms with Gasteiger partial charge in [0.05, 0.1) is 24.9 Å². The maximum absolute atomic E-state index is 14.3. The molecule has 4 aliphatic heterocycles. The first kappa shape index (κ1) is 38.1. The highest BCUT2D eigenvalue weighted by Gasteiger charge is 2.69. The molecule has 8 fully saturated rings. The Morgan fingerprint density at radius 2 is 1.58 bits per heavy atom. The van der Waals surface area contributed by atoms with Crippen molar-refractivity contribution in [2.24, 2.45) is 52.3 Å². The van der Waals surface area contributed by atoms with Crippen LogP contribution in [-0.4, -0.2) is 129 Å². The van der Waals surface area contributed by atoms with Gasteiger partial charge in [0.2, 0.25) is 0 Å². The van der Waals surface area contributed by atoms with Crippen LogP contribution in [-0.2, 0) is 33.2 Å². The summed E-state index contributed by atoms with van der Waals surface area (Å²) in [6.07, 6.45) is -6.12. The van der Waals surface area contributed by atoms with Gasteiger partial charge in [-0.1, -0.05) is 34.6 Å². The Hall–Kier alpha value is -0.810. The van der Waals surface area contributed by atoms with E-state index >= 15 is 0 Å². The van der Waals surface area contributed by atoms with Gasteiger partial charge < -0.3 is 59.1 Å². The summed E-state index contributed by atoms with van der Waals surface area (Å²) >= 11 is 0. The highest BCUT2D eigenvalue weighted by Crippen LogP contribution is 2.70. The minimum absolute atomic E-state index is 0.00969. The van der Waals surface area contributed by atoms with Gasteiger partial charge in [-0.3, -0.25) is 4.79 Å². The van der Waals surface area contributed by atoms with E-state index < -0.39 is 79.9 Å². The third-order valence-electron chi connectivity index (χ3n) is 15.7. The maximum atomic E-state index is 14.3. The summed E-state index contributed by atoms with van der Waals surface area (Å²) in [5.41, 5.74) is -0.213. The van der Waals surface area contributed by atoms with E-state index in [0.29, 0.717) is 37.5 Å². The molecule has 1 spiro atoms. The van der Waals surface area contributed by atoms with E-state index in [-0.39, 0.29) is 58.4 Å². The third kappa shape index (κ3) is 5.65. The molecule has 0 bridgehead atoms. The molecule has 0 amide bonds. The van der Waals surface area contributed by atoms with Crippen molar-refractivity contribution in [3.05, 3.63) is 0 Å². The molecule has 0 radical (unpaired) electrons. The van der Waals surface area contributed by atoms with Crippen molar-refractivity contribution >= 4 is 5.78 Å². The van der Waals surface area contributed by atoms with Crippen LogP contribution in [0, 0.1) is 52.3 Å². The average Bonchev–Trinajstić information content (AvgIpc) is 3.40. The lowest BCUT2D eigenvalue weighted by molar-refractivity contribution is -0.457. The van der Waals surface area contributed by atoms with Gasteiger partial charge in [0.25, 0.3) is 0 Å². The van der Waals surface area contributed by atoms with Gasteiger partial charge in [-0.2, -0.15) is 0 Å². The largest absolute Gasteiger partial charge is 0.394 e. The van der Waals surface area contributed by atoms with Gasteiger partial charge in [0, 0.05) is 18.8 Å². The van der Waals surface area contributed by atoms with Crippen LogP contribution in [0.15, 0.2) is 0 Å². The van der Waals surface area contributed by atoms with Crippen LogP contribution in [0.3, 0.4) is 0 Å². The summed E-state index contributed by atoms with van der Waals surface area (Å²) in [5.74, 6) is 0.406. The molecule has 4 heterocycles. The minimum atomic E-state index is -1.51. The van der Waals surface area contributed by atoms with E-state index in [4.69, 9.17) is 28.4 Å². The standard InChI is InChI=1S/C39H62O13/c1-16(2)34-39(52-33-31(45)28(42)18(4)47-36(33)50-34)14-17(3)27-25(51-39)13-22-20-12-24(41)23-11-19(7-9-37(23,5)21(20)8-10-38(22,27)6)48-35-32(46)30(44)29(43)26(15-40)49-35/h16-23,25-36,40,42-46H,7-15H2,1-6H3.